The minimum atomic E-state index is -0.960. The van der Waals surface area contributed by atoms with Crippen LogP contribution >= 0.6 is 0 Å². The number of rotatable bonds is 9. The van der Waals surface area contributed by atoms with Gasteiger partial charge in [0.1, 0.15) is 11.6 Å². The van der Waals surface area contributed by atoms with E-state index in [9.17, 15) is 9.59 Å². The van der Waals surface area contributed by atoms with Crippen LogP contribution in [0.3, 0.4) is 0 Å². The maximum atomic E-state index is 10.8. The SMILES string of the molecule is C.C.C.CN1CCCN(c2cncc(-c3cccc(/C=C/C(=O)O)c3)n2)CC1.CN1CCCN(c2cncc(-c3cccc(CCC(=O)O)c3)n2)CC1.N.O=CO. The highest BCUT2D eigenvalue weighted by molar-refractivity contribution is 5.85. The van der Waals surface area contributed by atoms with Crippen molar-refractivity contribution in [3.8, 4) is 22.5 Å². The molecule has 4 heterocycles. The molecule has 2 aliphatic heterocycles. The van der Waals surface area contributed by atoms with Gasteiger partial charge in [-0.25, -0.2) is 14.8 Å². The van der Waals surface area contributed by atoms with Crippen molar-refractivity contribution < 1.29 is 29.7 Å². The molecule has 2 aromatic carbocycles. The topological polar surface area (TPSA) is 211 Å². The van der Waals surface area contributed by atoms with E-state index >= 15 is 0 Å². The number of likely N-dealkylation sites (N-methyl/N-ethyl adjacent to an activating group) is 2. The summed E-state index contributed by atoms with van der Waals surface area (Å²) in [4.78, 5) is 57.3. The number of hydrogen-bond acceptors (Lipinski definition) is 12. The van der Waals surface area contributed by atoms with Gasteiger partial charge in [0.15, 0.2) is 0 Å². The molecule has 2 saturated heterocycles. The predicted molar refractivity (Wildman–Crippen MR) is 230 cm³/mol. The highest BCUT2D eigenvalue weighted by Gasteiger charge is 2.16. The number of hydrogen-bond donors (Lipinski definition) is 4. The monoisotopic (exact) mass is 789 g/mol. The molecule has 0 unspecified atom stereocenters. The minimum Gasteiger partial charge on any atom is -0.483 e. The summed E-state index contributed by atoms with van der Waals surface area (Å²) >= 11 is 0. The first kappa shape index (κ1) is 51.2. The summed E-state index contributed by atoms with van der Waals surface area (Å²) < 4.78 is 0. The van der Waals surface area contributed by atoms with Gasteiger partial charge in [0.2, 0.25) is 0 Å². The van der Waals surface area contributed by atoms with E-state index in [-0.39, 0.29) is 41.3 Å². The average molecular weight is 790 g/mol. The standard InChI is InChI=1S/C19H24N4O2.C19H22N4O2.CH2O2.3CH4.H3N/c2*1-22-8-3-9-23(11-10-22)18-14-20-13-17(21-18)16-5-2-4-15(12-16)6-7-19(24)25;2-1-3;;;;/h2,4-5,12-14H,3,6-11H2,1H3,(H,24,25);2,4-7,12-14H,3,8-11H2,1H3,(H,24,25);1H,(H,2,3);3*1H4;1H3/b;7-6+;;;;;. The van der Waals surface area contributed by atoms with E-state index in [1.165, 1.54) is 0 Å². The molecule has 0 bridgehead atoms. The molecule has 15 heteroatoms. The molecule has 0 aliphatic carbocycles. The third-order valence-corrected chi connectivity index (χ3v) is 8.78. The molecular weight excluding hydrogens is 727 g/mol. The van der Waals surface area contributed by atoms with Crippen LogP contribution in [0.5, 0.6) is 0 Å². The number of anilines is 2. The van der Waals surface area contributed by atoms with Crippen molar-refractivity contribution in [3.63, 3.8) is 0 Å². The van der Waals surface area contributed by atoms with Crippen LogP contribution < -0.4 is 16.0 Å². The van der Waals surface area contributed by atoms with Crippen LogP contribution in [0, 0.1) is 0 Å². The number of nitrogens with zero attached hydrogens (tertiary/aromatic N) is 8. The summed E-state index contributed by atoms with van der Waals surface area (Å²) in [6.07, 6.45) is 12.7. The fraction of sp³-hybridized carbons (Fsp3) is 0.405. The maximum Gasteiger partial charge on any atom is 0.328 e. The molecule has 15 nitrogen and oxygen atoms in total. The first-order valence-electron chi connectivity index (χ1n) is 17.6. The summed E-state index contributed by atoms with van der Waals surface area (Å²) in [6, 6.07) is 15.5. The Bertz CT molecular complexity index is 1830. The van der Waals surface area contributed by atoms with Crippen molar-refractivity contribution in [2.24, 2.45) is 0 Å². The average Bonchev–Trinajstić information content (AvgIpc) is 3.53. The Morgan fingerprint density at radius 3 is 1.68 bits per heavy atom. The molecule has 2 aromatic heterocycles. The Kier molecular flexibility index (Phi) is 24.2. The van der Waals surface area contributed by atoms with E-state index in [1.54, 1.807) is 18.5 Å². The van der Waals surface area contributed by atoms with Crippen molar-refractivity contribution in [1.82, 2.24) is 35.9 Å². The summed E-state index contributed by atoms with van der Waals surface area (Å²) in [7, 11) is 4.29. The zero-order valence-corrected chi connectivity index (χ0v) is 31.0. The Hall–Kier alpha value is -5.77. The largest absolute Gasteiger partial charge is 0.483 e. The lowest BCUT2D eigenvalue weighted by atomic mass is 10.0. The molecule has 57 heavy (non-hydrogen) atoms. The molecule has 0 radical (unpaired) electrons. The number of benzene rings is 2. The van der Waals surface area contributed by atoms with Crippen molar-refractivity contribution in [1.29, 1.82) is 0 Å². The molecule has 312 valence electrons. The predicted octanol–water partition coefficient (Wildman–Crippen LogP) is 6.46. The van der Waals surface area contributed by atoms with E-state index < -0.39 is 11.9 Å². The van der Waals surface area contributed by atoms with Crippen LogP contribution in [0.1, 0.15) is 52.7 Å². The zero-order valence-electron chi connectivity index (χ0n) is 31.0. The number of carbonyl (C=O) groups is 3. The first-order valence-corrected chi connectivity index (χ1v) is 17.6. The Morgan fingerprint density at radius 2 is 1.19 bits per heavy atom. The lowest BCUT2D eigenvalue weighted by Crippen LogP contribution is -2.29. The summed E-state index contributed by atoms with van der Waals surface area (Å²) in [5, 5.41) is 24.5. The second-order valence-corrected chi connectivity index (χ2v) is 12.8. The number of carboxylic acid groups (broad SMARTS) is 3. The van der Waals surface area contributed by atoms with E-state index in [1.807, 2.05) is 60.9 Å². The number of aryl methyl sites for hydroxylation is 1. The van der Waals surface area contributed by atoms with Gasteiger partial charge in [-0.3, -0.25) is 19.6 Å². The van der Waals surface area contributed by atoms with Gasteiger partial charge in [-0.1, -0.05) is 58.7 Å². The van der Waals surface area contributed by atoms with Crippen molar-refractivity contribution in [2.45, 2.75) is 48.0 Å². The molecule has 6 N–H and O–H groups in total. The Morgan fingerprint density at radius 1 is 0.702 bits per heavy atom. The fourth-order valence-corrected chi connectivity index (χ4v) is 5.95. The Labute approximate surface area is 338 Å². The van der Waals surface area contributed by atoms with Gasteiger partial charge in [-0.2, -0.15) is 0 Å². The molecule has 0 saturated carbocycles. The zero-order chi connectivity index (χ0) is 38.0. The normalized spacial score (nSPS) is 14.2. The van der Waals surface area contributed by atoms with Gasteiger partial charge < -0.3 is 41.1 Å². The third-order valence-electron chi connectivity index (χ3n) is 8.78. The van der Waals surface area contributed by atoms with Crippen LogP contribution in [0.25, 0.3) is 28.6 Å². The van der Waals surface area contributed by atoms with Gasteiger partial charge in [0.25, 0.3) is 6.47 Å². The van der Waals surface area contributed by atoms with Gasteiger partial charge >= 0.3 is 11.9 Å². The molecule has 0 atom stereocenters. The quantitative estimate of drug-likeness (QED) is 0.106. The van der Waals surface area contributed by atoms with E-state index in [2.05, 4.69) is 43.7 Å². The summed E-state index contributed by atoms with van der Waals surface area (Å²) in [5.74, 6) is 0.0552. The molecule has 0 amide bonds. The summed E-state index contributed by atoms with van der Waals surface area (Å²) in [6.45, 7) is 7.85. The molecule has 4 aromatic rings. The fourth-order valence-electron chi connectivity index (χ4n) is 5.95. The highest BCUT2D eigenvalue weighted by atomic mass is 16.4. The second kappa shape index (κ2) is 26.9. The van der Waals surface area contributed by atoms with Gasteiger partial charge in [-0.15, -0.1) is 0 Å². The van der Waals surface area contributed by atoms with E-state index in [0.717, 1.165) is 117 Å². The number of aliphatic carboxylic acids is 2. The Balaban J connectivity index is 0.000000966. The number of carboxylic acids is 2. The van der Waals surface area contributed by atoms with Crippen molar-refractivity contribution >= 4 is 36.1 Å². The molecule has 2 fully saturated rings. The third kappa shape index (κ3) is 17.3. The minimum absolute atomic E-state index is 0. The van der Waals surface area contributed by atoms with Gasteiger partial charge in [-0.05, 0) is 75.8 Å². The van der Waals surface area contributed by atoms with Crippen molar-refractivity contribution in [2.75, 3.05) is 76.3 Å². The van der Waals surface area contributed by atoms with Crippen LogP contribution in [-0.2, 0) is 20.8 Å². The first-order chi connectivity index (χ1) is 25.6. The molecule has 0 spiro atoms. The lowest BCUT2D eigenvalue weighted by molar-refractivity contribution is -0.137. The second-order valence-electron chi connectivity index (χ2n) is 12.8. The smallest absolute Gasteiger partial charge is 0.328 e. The molecular formula is C42H63N9O6. The maximum absolute atomic E-state index is 10.8. The van der Waals surface area contributed by atoms with Crippen LogP contribution in [0.4, 0.5) is 11.6 Å². The van der Waals surface area contributed by atoms with Crippen LogP contribution in [0.2, 0.25) is 0 Å². The van der Waals surface area contributed by atoms with Crippen LogP contribution in [0.15, 0.2) is 79.4 Å². The number of aromatic nitrogens is 4. The summed E-state index contributed by atoms with van der Waals surface area (Å²) in [5.41, 5.74) is 5.35. The van der Waals surface area contributed by atoms with Gasteiger partial charge in [0, 0.05) is 62.9 Å². The lowest BCUT2D eigenvalue weighted by Gasteiger charge is -2.21. The van der Waals surface area contributed by atoms with Crippen molar-refractivity contribution in [3.05, 3.63) is 90.5 Å². The highest BCUT2D eigenvalue weighted by Crippen LogP contribution is 2.23. The van der Waals surface area contributed by atoms with E-state index in [4.69, 9.17) is 30.1 Å². The van der Waals surface area contributed by atoms with Crippen LogP contribution in [-0.4, -0.2) is 130 Å². The van der Waals surface area contributed by atoms with E-state index in [0.29, 0.717) is 6.42 Å². The molecule has 6 rings (SSSR count). The van der Waals surface area contributed by atoms with Gasteiger partial charge in [0.05, 0.1) is 36.2 Å². The molecule has 2 aliphatic rings.